The standard InChI is InChI=1S/AsH3O4.2H3N/c2-1(3,4)5;;/h(H3,2,3,4,5);2*1H3. The van der Waals surface area contributed by atoms with Crippen molar-refractivity contribution in [1.82, 2.24) is 12.3 Å². The van der Waals surface area contributed by atoms with Crippen LogP contribution in [0.15, 0.2) is 0 Å². The van der Waals surface area contributed by atoms with E-state index in [0.717, 1.165) is 0 Å². The summed E-state index contributed by atoms with van der Waals surface area (Å²) >= 11 is -5.12. The zero-order valence-corrected chi connectivity index (χ0v) is 5.49. The molecule has 0 saturated heterocycles. The van der Waals surface area contributed by atoms with Crippen LogP contribution < -0.4 is 12.3 Å². The fraction of sp³-hybridized carbons (Fsp3) is 0. The Morgan fingerprint density at radius 1 is 1.00 bits per heavy atom. The second kappa shape index (κ2) is 4.32. The Labute approximate surface area is 43.7 Å². The number of rotatable bonds is 0. The van der Waals surface area contributed by atoms with Crippen LogP contribution in [0.1, 0.15) is 0 Å². The molecule has 7 heavy (non-hydrogen) atoms. The van der Waals surface area contributed by atoms with Crippen molar-refractivity contribution in [2.75, 3.05) is 0 Å². The maximum atomic E-state index is 8.94. The molecule has 0 aliphatic carbocycles. The molecule has 6 nitrogen and oxygen atoms in total. The second-order valence-electron chi connectivity index (χ2n) is 0.513. The van der Waals surface area contributed by atoms with Crippen LogP contribution in [0.5, 0.6) is 0 Å². The van der Waals surface area contributed by atoms with E-state index in [4.69, 9.17) is 16.0 Å². The van der Waals surface area contributed by atoms with Gasteiger partial charge < -0.3 is 12.3 Å². The molecule has 0 aliphatic rings. The van der Waals surface area contributed by atoms with Crippen molar-refractivity contribution >= 4 is 14.5 Å². The summed E-state index contributed by atoms with van der Waals surface area (Å²) < 4.78 is 30.7. The molecule has 0 radical (unpaired) electrons. The molecule has 0 aromatic carbocycles. The van der Waals surface area contributed by atoms with Gasteiger partial charge in [-0.1, -0.05) is 0 Å². The fourth-order valence-electron chi connectivity index (χ4n) is 0. The SMILES string of the molecule is N.N.O=[As](O)(O)O. The minimum absolute atomic E-state index is 0. The van der Waals surface area contributed by atoms with E-state index in [1.807, 2.05) is 0 Å². The zero-order chi connectivity index (χ0) is 4.50. The van der Waals surface area contributed by atoms with Crippen molar-refractivity contribution in [2.45, 2.75) is 0 Å². The Hall–Kier alpha value is 0.158. The van der Waals surface area contributed by atoms with Gasteiger partial charge in [0.2, 0.25) is 0 Å². The topological polar surface area (TPSA) is 148 Å². The van der Waals surface area contributed by atoms with Gasteiger partial charge in [0.05, 0.1) is 0 Å². The van der Waals surface area contributed by atoms with Gasteiger partial charge in [0.1, 0.15) is 0 Å². The van der Waals surface area contributed by atoms with Gasteiger partial charge in [-0.05, 0) is 0 Å². The monoisotopic (exact) mass is 176 g/mol. The van der Waals surface area contributed by atoms with E-state index < -0.39 is 14.5 Å². The summed E-state index contributed by atoms with van der Waals surface area (Å²) in [5.41, 5.74) is 0. The quantitative estimate of drug-likeness (QED) is 0.273. The Morgan fingerprint density at radius 3 is 1.00 bits per heavy atom. The summed E-state index contributed by atoms with van der Waals surface area (Å²) in [6, 6.07) is 0. The Kier molecular flexibility index (Phi) is 9.69. The summed E-state index contributed by atoms with van der Waals surface area (Å²) in [6.45, 7) is 0. The third-order valence-electron chi connectivity index (χ3n) is 0. The van der Waals surface area contributed by atoms with Gasteiger partial charge >= 0.3 is 30.5 Å². The van der Waals surface area contributed by atoms with Crippen molar-refractivity contribution < 1.29 is 16.0 Å². The molecular formula is H9AsN2O4. The van der Waals surface area contributed by atoms with Crippen LogP contribution in [0.4, 0.5) is 0 Å². The van der Waals surface area contributed by atoms with E-state index >= 15 is 0 Å². The third-order valence-corrected chi connectivity index (χ3v) is 0. The first-order valence-electron chi connectivity index (χ1n) is 0.783. The van der Waals surface area contributed by atoms with Crippen molar-refractivity contribution in [3.63, 3.8) is 0 Å². The molecule has 0 unspecified atom stereocenters. The van der Waals surface area contributed by atoms with Gasteiger partial charge in [0, 0.05) is 0 Å². The average molecular weight is 176 g/mol. The van der Waals surface area contributed by atoms with Crippen LogP contribution in [0.3, 0.4) is 0 Å². The number of hydrogen-bond donors (Lipinski definition) is 5. The molecule has 0 atom stereocenters. The first kappa shape index (κ1) is 15.7. The maximum absolute atomic E-state index is 8.94. The van der Waals surface area contributed by atoms with Crippen LogP contribution in [0.2, 0.25) is 0 Å². The molecule has 0 heterocycles. The van der Waals surface area contributed by atoms with Crippen molar-refractivity contribution in [1.29, 1.82) is 0 Å². The van der Waals surface area contributed by atoms with E-state index in [1.165, 1.54) is 0 Å². The molecule has 48 valence electrons. The molecule has 0 rings (SSSR count). The van der Waals surface area contributed by atoms with Crippen LogP contribution in [-0.2, 0) is 3.74 Å². The first-order valence-corrected chi connectivity index (χ1v) is 4.07. The molecule has 0 bridgehead atoms. The Balaban J connectivity index is -0.0000000800. The van der Waals surface area contributed by atoms with Crippen LogP contribution >= 0.6 is 0 Å². The van der Waals surface area contributed by atoms with Crippen molar-refractivity contribution in [3.05, 3.63) is 0 Å². The van der Waals surface area contributed by atoms with E-state index in [0.29, 0.717) is 0 Å². The molecule has 0 saturated carbocycles. The van der Waals surface area contributed by atoms with E-state index in [9.17, 15) is 0 Å². The van der Waals surface area contributed by atoms with E-state index in [2.05, 4.69) is 0 Å². The normalized spacial score (nSPS) is 8.43. The zero-order valence-electron chi connectivity index (χ0n) is 3.61. The van der Waals surface area contributed by atoms with Crippen LogP contribution in [-0.4, -0.2) is 26.8 Å². The minimum atomic E-state index is -5.12. The summed E-state index contributed by atoms with van der Waals surface area (Å²) in [5, 5.41) is 0. The molecular weight excluding hydrogens is 167 g/mol. The van der Waals surface area contributed by atoms with Crippen molar-refractivity contribution in [2.24, 2.45) is 0 Å². The summed E-state index contributed by atoms with van der Waals surface area (Å²) in [7, 11) is 0. The molecule has 0 amide bonds. The molecule has 0 aromatic heterocycles. The molecule has 0 aliphatic heterocycles. The summed E-state index contributed by atoms with van der Waals surface area (Å²) in [6.07, 6.45) is 0. The average Bonchev–Trinajstić information content (AvgIpc) is 0.722. The summed E-state index contributed by atoms with van der Waals surface area (Å²) in [4.78, 5) is 0. The van der Waals surface area contributed by atoms with Gasteiger partial charge in [-0.25, -0.2) is 0 Å². The molecule has 9 N–H and O–H groups in total. The Bertz CT molecular complexity index is 55.8. The van der Waals surface area contributed by atoms with Gasteiger partial charge in [-0.3, -0.25) is 0 Å². The number of hydrogen-bond acceptors (Lipinski definition) is 3. The molecule has 0 spiro atoms. The van der Waals surface area contributed by atoms with Gasteiger partial charge in [-0.2, -0.15) is 0 Å². The molecule has 7 heteroatoms. The summed E-state index contributed by atoms with van der Waals surface area (Å²) in [5.74, 6) is 0. The predicted molar refractivity (Wildman–Crippen MR) is 23.1 cm³/mol. The fourth-order valence-corrected chi connectivity index (χ4v) is 0. The Morgan fingerprint density at radius 2 is 1.00 bits per heavy atom. The predicted octanol–water partition coefficient (Wildman–Crippen LogP) is -1.85. The third kappa shape index (κ3) is 4240. The molecule has 0 aromatic rings. The molecule has 0 fully saturated rings. The van der Waals surface area contributed by atoms with Gasteiger partial charge in [0.25, 0.3) is 0 Å². The van der Waals surface area contributed by atoms with Crippen molar-refractivity contribution in [3.8, 4) is 0 Å². The van der Waals surface area contributed by atoms with Gasteiger partial charge in [-0.15, -0.1) is 0 Å². The van der Waals surface area contributed by atoms with E-state index in [1.54, 1.807) is 0 Å². The second-order valence-corrected chi connectivity index (χ2v) is 2.67. The first-order chi connectivity index (χ1) is 2.00. The van der Waals surface area contributed by atoms with Crippen LogP contribution in [0, 0.1) is 0 Å². The van der Waals surface area contributed by atoms with Gasteiger partial charge in [0.15, 0.2) is 0 Å². The van der Waals surface area contributed by atoms with E-state index in [-0.39, 0.29) is 12.3 Å². The van der Waals surface area contributed by atoms with Crippen LogP contribution in [0.25, 0.3) is 0 Å².